The number of methoxy groups -OCH3 is 2. The van der Waals surface area contributed by atoms with E-state index in [4.69, 9.17) is 9.47 Å². The van der Waals surface area contributed by atoms with Crippen LogP contribution in [0.1, 0.15) is 0 Å². The maximum absolute atomic E-state index is 11.2. The second-order valence-electron chi connectivity index (χ2n) is 5.01. The zero-order valence-electron chi connectivity index (χ0n) is 12.8. The van der Waals surface area contributed by atoms with Gasteiger partial charge in [0.05, 0.1) is 25.2 Å². The fraction of sp³-hybridized carbons (Fsp3) is 0.111. The molecule has 3 aromatic rings. The molecule has 0 unspecified atom stereocenters. The molecule has 0 aliphatic rings. The Kier molecular flexibility index (Phi) is 3.85. The van der Waals surface area contributed by atoms with Crippen LogP contribution in [0.15, 0.2) is 54.6 Å². The molecule has 0 bridgehead atoms. The highest BCUT2D eigenvalue weighted by Crippen LogP contribution is 2.43. The van der Waals surface area contributed by atoms with Gasteiger partial charge in [-0.1, -0.05) is 42.5 Å². The Morgan fingerprint density at radius 2 is 1.65 bits per heavy atom. The number of rotatable bonds is 4. The predicted octanol–water partition coefficient (Wildman–Crippen LogP) is 4.43. The summed E-state index contributed by atoms with van der Waals surface area (Å²) in [6.45, 7) is 0. The molecule has 0 aliphatic carbocycles. The normalized spacial score (nSPS) is 10.5. The van der Waals surface area contributed by atoms with Gasteiger partial charge >= 0.3 is 0 Å². The monoisotopic (exact) mass is 309 g/mol. The van der Waals surface area contributed by atoms with Gasteiger partial charge in [-0.3, -0.25) is 10.1 Å². The third kappa shape index (κ3) is 2.57. The van der Waals surface area contributed by atoms with Crippen LogP contribution in [0.5, 0.6) is 11.5 Å². The van der Waals surface area contributed by atoms with Gasteiger partial charge in [-0.25, -0.2) is 0 Å². The molecule has 0 atom stereocenters. The van der Waals surface area contributed by atoms with Crippen LogP contribution < -0.4 is 9.47 Å². The lowest BCUT2D eigenvalue weighted by molar-refractivity contribution is -0.384. The first-order valence-corrected chi connectivity index (χ1v) is 7.04. The van der Waals surface area contributed by atoms with E-state index in [1.165, 1.54) is 26.4 Å². The first-order valence-electron chi connectivity index (χ1n) is 7.04. The molecule has 23 heavy (non-hydrogen) atoms. The Morgan fingerprint density at radius 3 is 2.35 bits per heavy atom. The van der Waals surface area contributed by atoms with Gasteiger partial charge in [0.1, 0.15) is 0 Å². The summed E-state index contributed by atoms with van der Waals surface area (Å²) in [5.74, 6) is 0.819. The predicted molar refractivity (Wildman–Crippen MR) is 89.1 cm³/mol. The zero-order chi connectivity index (χ0) is 16.4. The molecule has 3 rings (SSSR count). The number of ether oxygens (including phenoxy) is 2. The Hall–Kier alpha value is -3.08. The van der Waals surface area contributed by atoms with Crippen molar-refractivity contribution in [2.75, 3.05) is 14.2 Å². The molecule has 5 nitrogen and oxygen atoms in total. The van der Waals surface area contributed by atoms with E-state index in [9.17, 15) is 10.1 Å². The molecule has 0 aromatic heterocycles. The lowest BCUT2D eigenvalue weighted by atomic mass is 9.97. The van der Waals surface area contributed by atoms with E-state index in [0.29, 0.717) is 17.1 Å². The van der Waals surface area contributed by atoms with Crippen molar-refractivity contribution in [3.8, 4) is 22.6 Å². The number of non-ortho nitro benzene ring substituents is 1. The van der Waals surface area contributed by atoms with E-state index in [0.717, 1.165) is 16.3 Å². The molecule has 0 aliphatic heterocycles. The number of benzene rings is 3. The van der Waals surface area contributed by atoms with Crippen molar-refractivity contribution in [3.05, 3.63) is 64.7 Å². The summed E-state index contributed by atoms with van der Waals surface area (Å²) in [7, 11) is 2.99. The summed E-state index contributed by atoms with van der Waals surface area (Å²) in [4.78, 5) is 10.8. The van der Waals surface area contributed by atoms with E-state index in [1.54, 1.807) is 0 Å². The fourth-order valence-electron chi connectivity index (χ4n) is 2.72. The Labute approximate surface area is 133 Å². The van der Waals surface area contributed by atoms with Crippen LogP contribution in [0, 0.1) is 10.1 Å². The molecular weight excluding hydrogens is 294 g/mol. The van der Waals surface area contributed by atoms with Crippen LogP contribution >= 0.6 is 0 Å². The minimum absolute atomic E-state index is 0.0365. The third-order valence-corrected chi connectivity index (χ3v) is 3.75. The topological polar surface area (TPSA) is 61.6 Å². The van der Waals surface area contributed by atoms with E-state index in [2.05, 4.69) is 0 Å². The lowest BCUT2D eigenvalue weighted by Crippen LogP contribution is -1.97. The van der Waals surface area contributed by atoms with Crippen LogP contribution in [0.25, 0.3) is 21.9 Å². The average molecular weight is 309 g/mol. The molecule has 5 heteroatoms. The first-order chi connectivity index (χ1) is 11.2. The number of fused-ring (bicyclic) bond motifs is 1. The van der Waals surface area contributed by atoms with Crippen LogP contribution in [-0.4, -0.2) is 19.1 Å². The smallest absolute Gasteiger partial charge is 0.274 e. The minimum Gasteiger partial charge on any atom is -0.493 e. The zero-order valence-corrected chi connectivity index (χ0v) is 12.8. The van der Waals surface area contributed by atoms with Crippen molar-refractivity contribution in [2.45, 2.75) is 0 Å². The SMILES string of the molecule is COc1cc([N+](=O)[O-])cc(-c2cccc3ccccc23)c1OC. The molecule has 0 saturated carbocycles. The van der Waals surface area contributed by atoms with E-state index < -0.39 is 4.92 Å². The van der Waals surface area contributed by atoms with Gasteiger partial charge in [0, 0.05) is 11.6 Å². The molecule has 116 valence electrons. The number of nitrogens with zero attached hydrogens (tertiary/aromatic N) is 1. The van der Waals surface area contributed by atoms with Crippen molar-refractivity contribution in [1.82, 2.24) is 0 Å². The van der Waals surface area contributed by atoms with Crippen LogP contribution in [0.3, 0.4) is 0 Å². The third-order valence-electron chi connectivity index (χ3n) is 3.75. The van der Waals surface area contributed by atoms with Gasteiger partial charge in [-0.05, 0) is 16.3 Å². The highest BCUT2D eigenvalue weighted by molar-refractivity contribution is 5.98. The second kappa shape index (κ2) is 5.96. The highest BCUT2D eigenvalue weighted by atomic mass is 16.6. The number of hydrogen-bond donors (Lipinski definition) is 0. The minimum atomic E-state index is -0.434. The highest BCUT2D eigenvalue weighted by Gasteiger charge is 2.20. The number of nitro benzene ring substituents is 1. The Balaban J connectivity index is 2.37. The van der Waals surface area contributed by atoms with Gasteiger partial charge in [0.25, 0.3) is 5.69 Å². The maximum atomic E-state index is 11.2. The van der Waals surface area contributed by atoms with Crippen LogP contribution in [-0.2, 0) is 0 Å². The standard InChI is InChI=1S/C18H15NO4/c1-22-17-11-13(19(20)21)10-16(18(17)23-2)15-9-5-7-12-6-3-4-8-14(12)15/h3-11H,1-2H3. The van der Waals surface area contributed by atoms with E-state index in [-0.39, 0.29) is 5.69 Å². The van der Waals surface area contributed by atoms with Crippen LogP contribution in [0.2, 0.25) is 0 Å². The van der Waals surface area contributed by atoms with E-state index in [1.807, 2.05) is 42.5 Å². The molecular formula is C18H15NO4. The van der Waals surface area contributed by atoms with Gasteiger partial charge in [0.2, 0.25) is 0 Å². The lowest BCUT2D eigenvalue weighted by Gasteiger charge is -2.14. The quantitative estimate of drug-likeness (QED) is 0.528. The number of nitro groups is 1. The maximum Gasteiger partial charge on any atom is 0.274 e. The number of hydrogen-bond acceptors (Lipinski definition) is 4. The average Bonchev–Trinajstić information content (AvgIpc) is 2.59. The van der Waals surface area contributed by atoms with Gasteiger partial charge < -0.3 is 9.47 Å². The molecule has 3 aromatic carbocycles. The van der Waals surface area contributed by atoms with Gasteiger partial charge in [-0.2, -0.15) is 0 Å². The van der Waals surface area contributed by atoms with Gasteiger partial charge in [0.15, 0.2) is 11.5 Å². The second-order valence-corrected chi connectivity index (χ2v) is 5.01. The molecule has 0 fully saturated rings. The molecule has 0 saturated heterocycles. The molecule has 0 N–H and O–H groups in total. The van der Waals surface area contributed by atoms with Crippen LogP contribution in [0.4, 0.5) is 5.69 Å². The summed E-state index contributed by atoms with van der Waals surface area (Å²) in [5, 5.41) is 13.3. The van der Waals surface area contributed by atoms with Crippen molar-refractivity contribution >= 4 is 16.5 Å². The Morgan fingerprint density at radius 1 is 0.913 bits per heavy atom. The summed E-state index contributed by atoms with van der Waals surface area (Å²) in [6, 6.07) is 16.6. The van der Waals surface area contributed by atoms with Crippen molar-refractivity contribution in [1.29, 1.82) is 0 Å². The van der Waals surface area contributed by atoms with Crippen molar-refractivity contribution < 1.29 is 14.4 Å². The summed E-state index contributed by atoms with van der Waals surface area (Å²) < 4.78 is 10.7. The first kappa shape index (κ1) is 14.8. The van der Waals surface area contributed by atoms with E-state index >= 15 is 0 Å². The molecule has 0 amide bonds. The molecule has 0 radical (unpaired) electrons. The molecule has 0 spiro atoms. The molecule has 0 heterocycles. The van der Waals surface area contributed by atoms with Gasteiger partial charge in [-0.15, -0.1) is 0 Å². The summed E-state index contributed by atoms with van der Waals surface area (Å²) in [5.41, 5.74) is 1.46. The van der Waals surface area contributed by atoms with Crippen molar-refractivity contribution in [2.24, 2.45) is 0 Å². The summed E-state index contributed by atoms with van der Waals surface area (Å²) in [6.07, 6.45) is 0. The Bertz CT molecular complexity index is 884. The van der Waals surface area contributed by atoms with Crippen molar-refractivity contribution in [3.63, 3.8) is 0 Å². The fourth-order valence-corrected chi connectivity index (χ4v) is 2.72. The largest absolute Gasteiger partial charge is 0.493 e. The summed E-state index contributed by atoms with van der Waals surface area (Å²) >= 11 is 0.